The van der Waals surface area contributed by atoms with Gasteiger partial charge in [0.1, 0.15) is 0 Å². The van der Waals surface area contributed by atoms with Crippen LogP contribution in [0.25, 0.3) is 0 Å². The van der Waals surface area contributed by atoms with E-state index in [4.69, 9.17) is 11.5 Å². The van der Waals surface area contributed by atoms with Crippen molar-refractivity contribution in [1.29, 1.82) is 0 Å². The van der Waals surface area contributed by atoms with Gasteiger partial charge in [-0.05, 0) is 38.8 Å². The quantitative estimate of drug-likeness (QED) is 0.352. The predicted octanol–water partition coefficient (Wildman–Crippen LogP) is -0.471. The van der Waals surface area contributed by atoms with E-state index in [1.165, 1.54) is 52.1 Å². The van der Waals surface area contributed by atoms with Crippen molar-refractivity contribution < 1.29 is 0 Å². The fourth-order valence-electron chi connectivity index (χ4n) is 2.58. The minimum absolute atomic E-state index is 0.798. The van der Waals surface area contributed by atoms with Gasteiger partial charge < -0.3 is 11.5 Å². The molecule has 2 saturated heterocycles. The fraction of sp³-hybridized carbons (Fsp3) is 1.00. The van der Waals surface area contributed by atoms with Crippen molar-refractivity contribution in [3.63, 3.8) is 0 Å². The topological polar surface area (TPSA) is 64.5 Å². The van der Waals surface area contributed by atoms with Crippen LogP contribution in [0, 0.1) is 0 Å². The van der Waals surface area contributed by atoms with Crippen molar-refractivity contribution >= 4 is 0 Å². The van der Waals surface area contributed by atoms with Gasteiger partial charge in [0, 0.05) is 52.4 Å². The van der Waals surface area contributed by atoms with Gasteiger partial charge in [0.05, 0.1) is 0 Å². The van der Waals surface area contributed by atoms with Gasteiger partial charge in [-0.1, -0.05) is 0 Å². The van der Waals surface area contributed by atoms with E-state index in [9.17, 15) is 0 Å². The van der Waals surface area contributed by atoms with Crippen molar-refractivity contribution in [2.75, 3.05) is 65.4 Å². The van der Waals surface area contributed by atoms with E-state index in [2.05, 4.69) is 20.0 Å². The zero-order valence-corrected chi connectivity index (χ0v) is 12.8. The SMILES string of the molecule is NCCCN(CCCCN(CCCN)N1CC1)N1CC1. The Morgan fingerprint density at radius 2 is 0.950 bits per heavy atom. The molecule has 2 rings (SSSR count). The van der Waals surface area contributed by atoms with Crippen molar-refractivity contribution in [3.05, 3.63) is 0 Å². The molecule has 0 radical (unpaired) electrons. The van der Waals surface area contributed by atoms with Gasteiger partial charge in [-0.3, -0.25) is 0 Å². The maximum Gasteiger partial charge on any atom is 0.0275 e. The van der Waals surface area contributed by atoms with Gasteiger partial charge in [0.25, 0.3) is 0 Å². The second kappa shape index (κ2) is 8.92. The van der Waals surface area contributed by atoms with Crippen molar-refractivity contribution in [3.8, 4) is 0 Å². The lowest BCUT2D eigenvalue weighted by Crippen LogP contribution is -2.35. The lowest BCUT2D eigenvalue weighted by molar-refractivity contribution is 0.0672. The Morgan fingerprint density at radius 3 is 1.25 bits per heavy atom. The van der Waals surface area contributed by atoms with Crippen LogP contribution in [0.3, 0.4) is 0 Å². The summed E-state index contributed by atoms with van der Waals surface area (Å²) in [6.45, 7) is 11.2. The number of hydrogen-bond acceptors (Lipinski definition) is 6. The molecule has 0 atom stereocenters. The number of hydrazine groups is 2. The molecule has 0 aliphatic carbocycles. The van der Waals surface area contributed by atoms with Crippen molar-refractivity contribution in [1.82, 2.24) is 20.0 Å². The number of hydrogen-bond donors (Lipinski definition) is 2. The molecule has 2 heterocycles. The molecule has 4 N–H and O–H groups in total. The molecule has 0 bridgehead atoms. The van der Waals surface area contributed by atoms with E-state index in [1.807, 2.05) is 0 Å². The molecule has 6 heteroatoms. The smallest absolute Gasteiger partial charge is 0.0275 e. The highest BCUT2D eigenvalue weighted by Crippen LogP contribution is 2.14. The molecule has 6 nitrogen and oxygen atoms in total. The van der Waals surface area contributed by atoms with Gasteiger partial charge >= 0.3 is 0 Å². The normalized spacial score (nSPS) is 19.2. The van der Waals surface area contributed by atoms with Crippen LogP contribution in [0.2, 0.25) is 0 Å². The van der Waals surface area contributed by atoms with Crippen LogP contribution in [0.1, 0.15) is 25.7 Å². The van der Waals surface area contributed by atoms with Gasteiger partial charge in [0.15, 0.2) is 0 Å². The molecule has 0 aromatic carbocycles. The average Bonchev–Trinajstić information content (AvgIpc) is 3.31. The van der Waals surface area contributed by atoms with Crippen LogP contribution >= 0.6 is 0 Å². The molecule has 0 aromatic rings. The summed E-state index contributed by atoms with van der Waals surface area (Å²) in [5.74, 6) is 0. The van der Waals surface area contributed by atoms with E-state index in [0.29, 0.717) is 0 Å². The summed E-state index contributed by atoms with van der Waals surface area (Å²) >= 11 is 0. The van der Waals surface area contributed by atoms with Gasteiger partial charge in [0.2, 0.25) is 0 Å². The third kappa shape index (κ3) is 6.03. The summed E-state index contributed by atoms with van der Waals surface area (Å²) in [5, 5.41) is 9.86. The summed E-state index contributed by atoms with van der Waals surface area (Å²) in [5.41, 5.74) is 11.2. The number of nitrogens with zero attached hydrogens (tertiary/aromatic N) is 4. The maximum absolute atomic E-state index is 5.61. The molecule has 20 heavy (non-hydrogen) atoms. The Morgan fingerprint density at radius 1 is 0.600 bits per heavy atom. The van der Waals surface area contributed by atoms with Crippen LogP contribution in [0.4, 0.5) is 0 Å². The molecule has 2 fully saturated rings. The maximum atomic E-state index is 5.61. The summed E-state index contributed by atoms with van der Waals surface area (Å²) in [4.78, 5) is 0. The van der Waals surface area contributed by atoms with Crippen LogP contribution < -0.4 is 11.5 Å². The third-order valence-corrected chi connectivity index (χ3v) is 3.97. The first kappa shape index (κ1) is 16.1. The molecule has 2 aliphatic rings. The molecular weight excluding hydrogens is 252 g/mol. The molecule has 0 spiro atoms. The molecular formula is C14H32N6. The highest BCUT2D eigenvalue weighted by atomic mass is 15.7. The first-order valence-corrected chi connectivity index (χ1v) is 8.25. The molecule has 0 unspecified atom stereocenters. The number of rotatable bonds is 13. The summed E-state index contributed by atoms with van der Waals surface area (Å²) in [6.07, 6.45) is 4.75. The Bertz CT molecular complexity index is 228. The Balaban J connectivity index is 1.56. The van der Waals surface area contributed by atoms with E-state index >= 15 is 0 Å². The second-order valence-corrected chi connectivity index (χ2v) is 5.81. The van der Waals surface area contributed by atoms with E-state index in [1.54, 1.807) is 0 Å². The highest BCUT2D eigenvalue weighted by molar-refractivity contribution is 4.73. The van der Waals surface area contributed by atoms with E-state index in [0.717, 1.165) is 39.0 Å². The summed E-state index contributed by atoms with van der Waals surface area (Å²) in [7, 11) is 0. The second-order valence-electron chi connectivity index (χ2n) is 5.81. The Labute approximate surface area is 123 Å². The lowest BCUT2D eigenvalue weighted by atomic mass is 10.3. The Hall–Kier alpha value is -0.240. The van der Waals surface area contributed by atoms with Gasteiger partial charge in [-0.15, -0.1) is 0 Å². The zero-order valence-electron chi connectivity index (χ0n) is 12.8. The third-order valence-electron chi connectivity index (χ3n) is 3.97. The molecule has 118 valence electrons. The predicted molar refractivity (Wildman–Crippen MR) is 82.9 cm³/mol. The largest absolute Gasteiger partial charge is 0.330 e. The van der Waals surface area contributed by atoms with E-state index < -0.39 is 0 Å². The minimum Gasteiger partial charge on any atom is -0.330 e. The fourth-order valence-corrected chi connectivity index (χ4v) is 2.58. The standard InChI is InChI=1S/C14H32N6/c15-5-3-9-17(19-11-12-19)7-1-2-8-18(10-4-6-16)20-13-14-20/h1-16H2. The van der Waals surface area contributed by atoms with Crippen LogP contribution in [0.15, 0.2) is 0 Å². The molecule has 2 aliphatic heterocycles. The lowest BCUT2D eigenvalue weighted by Gasteiger charge is -2.25. The van der Waals surface area contributed by atoms with Crippen LogP contribution in [-0.2, 0) is 0 Å². The molecule has 0 amide bonds. The number of unbranched alkanes of at least 4 members (excludes halogenated alkanes) is 1. The highest BCUT2D eigenvalue weighted by Gasteiger charge is 2.26. The minimum atomic E-state index is 0.798. The molecule has 0 saturated carbocycles. The monoisotopic (exact) mass is 284 g/mol. The molecule has 0 aromatic heterocycles. The average molecular weight is 284 g/mol. The van der Waals surface area contributed by atoms with E-state index in [-0.39, 0.29) is 0 Å². The first-order chi connectivity index (χ1) is 9.85. The van der Waals surface area contributed by atoms with Crippen molar-refractivity contribution in [2.45, 2.75) is 25.7 Å². The van der Waals surface area contributed by atoms with Gasteiger partial charge in [-0.25, -0.2) is 20.0 Å². The van der Waals surface area contributed by atoms with Crippen LogP contribution in [0.5, 0.6) is 0 Å². The van der Waals surface area contributed by atoms with Crippen molar-refractivity contribution in [2.24, 2.45) is 11.5 Å². The summed E-state index contributed by atoms with van der Waals surface area (Å²) < 4.78 is 0. The van der Waals surface area contributed by atoms with Gasteiger partial charge in [-0.2, -0.15) is 0 Å². The Kier molecular flexibility index (Phi) is 7.19. The first-order valence-electron chi connectivity index (χ1n) is 8.25. The van der Waals surface area contributed by atoms with Crippen LogP contribution in [-0.4, -0.2) is 85.5 Å². The zero-order chi connectivity index (χ0) is 14.2. The number of nitrogens with two attached hydrogens (primary N) is 2. The summed E-state index contributed by atoms with van der Waals surface area (Å²) in [6, 6.07) is 0.